The van der Waals surface area contributed by atoms with Gasteiger partial charge in [-0.2, -0.15) is 4.57 Å². The number of halogens is 3. The third-order valence-corrected chi connectivity index (χ3v) is 3.97. The summed E-state index contributed by atoms with van der Waals surface area (Å²) in [5, 5.41) is 3.79. The van der Waals surface area contributed by atoms with Crippen molar-refractivity contribution in [1.29, 1.82) is 0 Å². The molecule has 0 spiro atoms. The summed E-state index contributed by atoms with van der Waals surface area (Å²) in [7, 11) is 0. The summed E-state index contributed by atoms with van der Waals surface area (Å²) in [5.41, 5.74) is 1.35. The van der Waals surface area contributed by atoms with Gasteiger partial charge in [0.05, 0.1) is 15.7 Å². The highest BCUT2D eigenvalue weighted by Gasteiger charge is 2.25. The van der Waals surface area contributed by atoms with Gasteiger partial charge in [-0.15, -0.1) is 0 Å². The summed E-state index contributed by atoms with van der Waals surface area (Å²) < 4.78 is 1.87. The highest BCUT2D eigenvalue weighted by Crippen LogP contribution is 2.33. The van der Waals surface area contributed by atoms with Crippen molar-refractivity contribution in [3.05, 3.63) is 57.3 Å². The van der Waals surface area contributed by atoms with Crippen LogP contribution in [0, 0.1) is 6.92 Å². The Bertz CT molecular complexity index is 665. The van der Waals surface area contributed by atoms with Gasteiger partial charge >= 0.3 is 0 Å². The number of hydrogen-bond donors (Lipinski definition) is 1. The van der Waals surface area contributed by atoms with Gasteiger partial charge in [0.25, 0.3) is 5.91 Å². The molecule has 21 heavy (non-hydrogen) atoms. The van der Waals surface area contributed by atoms with E-state index in [4.69, 9.17) is 34.8 Å². The van der Waals surface area contributed by atoms with Gasteiger partial charge in [0.15, 0.2) is 11.9 Å². The zero-order chi connectivity index (χ0) is 15.6. The van der Waals surface area contributed by atoms with Gasteiger partial charge in [0, 0.05) is 31.0 Å². The van der Waals surface area contributed by atoms with Crippen LogP contribution >= 0.6 is 34.8 Å². The number of nitrogens with one attached hydrogen (secondary N) is 1. The number of pyridine rings is 1. The van der Waals surface area contributed by atoms with E-state index in [2.05, 4.69) is 5.32 Å². The summed E-state index contributed by atoms with van der Waals surface area (Å²) in [6.45, 7) is 3.74. The fourth-order valence-corrected chi connectivity index (χ4v) is 2.90. The van der Waals surface area contributed by atoms with E-state index < -0.39 is 6.04 Å². The molecule has 0 bridgehead atoms. The smallest absolute Gasteiger partial charge is 0.293 e. The number of amides is 1. The first-order chi connectivity index (χ1) is 9.90. The van der Waals surface area contributed by atoms with Crippen LogP contribution in [0.4, 0.5) is 5.69 Å². The number of aryl methyl sites for hydroxylation is 1. The molecular weight excluding hydrogens is 331 g/mol. The van der Waals surface area contributed by atoms with Gasteiger partial charge in [-0.05, 0) is 12.1 Å². The van der Waals surface area contributed by atoms with E-state index >= 15 is 0 Å². The Kier molecular flexibility index (Phi) is 5.09. The van der Waals surface area contributed by atoms with Crippen LogP contribution in [0.3, 0.4) is 0 Å². The molecule has 2 aromatic rings. The summed E-state index contributed by atoms with van der Waals surface area (Å²) in [4.78, 5) is 12.4. The lowest BCUT2D eigenvalue weighted by atomic mass is 10.2. The topological polar surface area (TPSA) is 33.0 Å². The molecule has 2 rings (SSSR count). The number of carbonyl (C=O) groups is 1. The van der Waals surface area contributed by atoms with Crippen LogP contribution in [0.1, 0.15) is 18.7 Å². The molecule has 0 aliphatic carbocycles. The first-order valence-corrected chi connectivity index (χ1v) is 7.45. The van der Waals surface area contributed by atoms with Crippen LogP contribution in [0.25, 0.3) is 0 Å². The van der Waals surface area contributed by atoms with Gasteiger partial charge in [0.1, 0.15) is 0 Å². The van der Waals surface area contributed by atoms with Gasteiger partial charge < -0.3 is 5.32 Å². The molecule has 0 radical (unpaired) electrons. The summed E-state index contributed by atoms with van der Waals surface area (Å²) in [5.74, 6) is -0.208. The second kappa shape index (κ2) is 6.65. The minimum Gasteiger partial charge on any atom is -0.318 e. The van der Waals surface area contributed by atoms with Crippen LogP contribution in [0.5, 0.6) is 0 Å². The monoisotopic (exact) mass is 343 g/mol. The molecule has 1 aromatic carbocycles. The Morgan fingerprint density at radius 1 is 1.19 bits per heavy atom. The second-order valence-electron chi connectivity index (χ2n) is 4.66. The van der Waals surface area contributed by atoms with Crippen LogP contribution in [0.15, 0.2) is 36.5 Å². The highest BCUT2D eigenvalue weighted by atomic mass is 35.5. The molecule has 0 fully saturated rings. The molecule has 0 saturated carbocycles. The average Bonchev–Trinajstić information content (AvgIpc) is 2.42. The molecule has 0 saturated heterocycles. The quantitative estimate of drug-likeness (QED) is 0.820. The molecule has 1 heterocycles. The summed E-state index contributed by atoms with van der Waals surface area (Å²) in [6.07, 6.45) is 1.85. The first-order valence-electron chi connectivity index (χ1n) is 6.32. The van der Waals surface area contributed by atoms with Gasteiger partial charge in [0.2, 0.25) is 6.04 Å². The molecule has 1 amide bonds. The fourth-order valence-electron chi connectivity index (χ4n) is 1.99. The van der Waals surface area contributed by atoms with Crippen molar-refractivity contribution in [3.63, 3.8) is 0 Å². The minimum absolute atomic E-state index is 0.208. The van der Waals surface area contributed by atoms with Crippen LogP contribution < -0.4 is 9.88 Å². The maximum atomic E-state index is 12.4. The minimum atomic E-state index is -0.394. The van der Waals surface area contributed by atoms with Crippen LogP contribution in [-0.4, -0.2) is 5.91 Å². The van der Waals surface area contributed by atoms with Crippen molar-refractivity contribution in [1.82, 2.24) is 0 Å². The van der Waals surface area contributed by atoms with E-state index in [0.29, 0.717) is 20.8 Å². The molecule has 110 valence electrons. The van der Waals surface area contributed by atoms with E-state index in [1.807, 2.05) is 35.9 Å². The van der Waals surface area contributed by atoms with Crippen molar-refractivity contribution >= 4 is 46.4 Å². The lowest BCUT2D eigenvalue weighted by Gasteiger charge is -2.12. The van der Waals surface area contributed by atoms with E-state index in [1.165, 1.54) is 12.1 Å². The second-order valence-corrected chi connectivity index (χ2v) is 5.91. The summed E-state index contributed by atoms with van der Waals surface area (Å²) >= 11 is 18.0. The first kappa shape index (κ1) is 16.1. The van der Waals surface area contributed by atoms with Gasteiger partial charge in [-0.1, -0.05) is 40.9 Å². The van der Waals surface area contributed by atoms with Crippen molar-refractivity contribution in [2.45, 2.75) is 19.9 Å². The molecule has 0 aliphatic heterocycles. The highest BCUT2D eigenvalue weighted by molar-refractivity contribution is 6.42. The molecule has 1 aromatic heterocycles. The SMILES string of the molecule is Cc1cccc[n+]1[C@@H](C)C(=O)Nc1c(Cl)cc(Cl)cc1Cl. The van der Waals surface area contributed by atoms with Crippen molar-refractivity contribution in [2.75, 3.05) is 5.32 Å². The van der Waals surface area contributed by atoms with E-state index in [0.717, 1.165) is 5.69 Å². The number of aromatic nitrogens is 1. The van der Waals surface area contributed by atoms with Crippen molar-refractivity contribution in [2.24, 2.45) is 0 Å². The molecule has 6 heteroatoms. The Morgan fingerprint density at radius 2 is 1.81 bits per heavy atom. The van der Waals surface area contributed by atoms with Crippen LogP contribution in [0.2, 0.25) is 15.1 Å². The number of carbonyl (C=O) groups excluding carboxylic acids is 1. The van der Waals surface area contributed by atoms with Crippen molar-refractivity contribution < 1.29 is 9.36 Å². The molecule has 1 N–H and O–H groups in total. The predicted molar refractivity (Wildman–Crippen MR) is 86.2 cm³/mol. The Balaban J connectivity index is 2.25. The van der Waals surface area contributed by atoms with Crippen molar-refractivity contribution in [3.8, 4) is 0 Å². The maximum absolute atomic E-state index is 12.4. The number of anilines is 1. The Morgan fingerprint density at radius 3 is 2.38 bits per heavy atom. The van der Waals surface area contributed by atoms with E-state index in [9.17, 15) is 4.79 Å². The third-order valence-electron chi connectivity index (χ3n) is 3.15. The largest absolute Gasteiger partial charge is 0.318 e. The third kappa shape index (κ3) is 3.67. The number of hydrogen-bond acceptors (Lipinski definition) is 1. The molecule has 3 nitrogen and oxygen atoms in total. The summed E-state index contributed by atoms with van der Waals surface area (Å²) in [6, 6.07) is 8.41. The Hall–Kier alpha value is -1.29. The number of nitrogens with zero attached hydrogens (tertiary/aromatic N) is 1. The molecule has 1 atom stereocenters. The average molecular weight is 345 g/mol. The zero-order valence-corrected chi connectivity index (χ0v) is 13.8. The molecular formula is C15H14Cl3N2O+. The normalized spacial score (nSPS) is 12.0. The lowest BCUT2D eigenvalue weighted by molar-refractivity contribution is -0.711. The molecule has 0 unspecified atom stereocenters. The van der Waals surface area contributed by atoms with E-state index in [1.54, 1.807) is 6.92 Å². The maximum Gasteiger partial charge on any atom is 0.293 e. The van der Waals surface area contributed by atoms with Gasteiger partial charge in [-0.3, -0.25) is 4.79 Å². The number of benzene rings is 1. The standard InChI is InChI=1S/C15H13Cl3N2O/c1-9-5-3-4-6-20(9)10(2)15(21)19-14-12(17)7-11(16)8-13(14)18/h3-8,10H,1-2H3/p+1/t10-/m0/s1. The fraction of sp³-hybridized carbons (Fsp3) is 0.200. The van der Waals surface area contributed by atoms with Gasteiger partial charge in [-0.25, -0.2) is 0 Å². The Labute approximate surface area is 138 Å². The molecule has 0 aliphatic rings. The zero-order valence-electron chi connectivity index (χ0n) is 11.5. The van der Waals surface area contributed by atoms with E-state index in [-0.39, 0.29) is 5.91 Å². The van der Waals surface area contributed by atoms with Crippen LogP contribution in [-0.2, 0) is 4.79 Å². The predicted octanol–water partition coefficient (Wildman–Crippen LogP) is 4.44. The lowest BCUT2D eigenvalue weighted by Crippen LogP contribution is -2.46. The number of rotatable bonds is 3.